The molecule has 1 fully saturated rings. The Morgan fingerprint density at radius 2 is 1.90 bits per heavy atom. The summed E-state index contributed by atoms with van der Waals surface area (Å²) in [5.74, 6) is -0.342. The fourth-order valence-electron chi connectivity index (χ4n) is 2.63. The van der Waals surface area contributed by atoms with Gasteiger partial charge in [0.1, 0.15) is 12.0 Å². The molecule has 2 unspecified atom stereocenters. The van der Waals surface area contributed by atoms with Crippen LogP contribution < -0.4 is 0 Å². The summed E-state index contributed by atoms with van der Waals surface area (Å²) in [5.41, 5.74) is -0.760. The second-order valence-corrected chi connectivity index (χ2v) is 6.33. The first-order valence-corrected chi connectivity index (χ1v) is 7.38. The molecule has 2 atom stereocenters. The standard InChI is InChI=1S/C14H22Cl2N2O2/c1-6-8-17(9-7-2)13-10(3)18(12(19)11(15)16)14(4,5)20-13/h6-7,10-11,13H,1-2,8-9H2,3-5H3. The van der Waals surface area contributed by atoms with E-state index in [9.17, 15) is 4.79 Å². The van der Waals surface area contributed by atoms with E-state index in [0.29, 0.717) is 13.1 Å². The zero-order valence-corrected chi connectivity index (χ0v) is 13.7. The van der Waals surface area contributed by atoms with Crippen LogP contribution in [0.15, 0.2) is 25.3 Å². The van der Waals surface area contributed by atoms with Crippen molar-refractivity contribution < 1.29 is 9.53 Å². The van der Waals surface area contributed by atoms with E-state index < -0.39 is 10.6 Å². The molecule has 0 saturated carbocycles. The van der Waals surface area contributed by atoms with Crippen molar-refractivity contribution in [1.82, 2.24) is 9.80 Å². The highest BCUT2D eigenvalue weighted by Gasteiger charge is 2.50. The Balaban J connectivity index is 3.00. The molecule has 0 aliphatic carbocycles. The summed E-state index contributed by atoms with van der Waals surface area (Å²) in [6.07, 6.45) is 3.34. The first-order valence-electron chi connectivity index (χ1n) is 6.51. The number of carbonyl (C=O) groups excluding carboxylic acids is 1. The van der Waals surface area contributed by atoms with Gasteiger partial charge in [-0.2, -0.15) is 0 Å². The van der Waals surface area contributed by atoms with Crippen molar-refractivity contribution in [1.29, 1.82) is 0 Å². The van der Waals surface area contributed by atoms with E-state index in [0.717, 1.165) is 0 Å². The minimum Gasteiger partial charge on any atom is -0.336 e. The van der Waals surface area contributed by atoms with Gasteiger partial charge in [-0.1, -0.05) is 35.4 Å². The molecule has 20 heavy (non-hydrogen) atoms. The third-order valence-corrected chi connectivity index (χ3v) is 3.69. The molecule has 0 aromatic carbocycles. The lowest BCUT2D eigenvalue weighted by Crippen LogP contribution is -2.50. The van der Waals surface area contributed by atoms with Crippen molar-refractivity contribution in [3.8, 4) is 0 Å². The number of alkyl halides is 2. The summed E-state index contributed by atoms with van der Waals surface area (Å²) in [4.78, 5) is 14.7. The largest absolute Gasteiger partial charge is 0.336 e. The Morgan fingerprint density at radius 3 is 2.30 bits per heavy atom. The summed E-state index contributed by atoms with van der Waals surface area (Å²) in [6.45, 7) is 14.4. The lowest BCUT2D eigenvalue weighted by Gasteiger charge is -2.32. The Bertz CT molecular complexity index is 375. The van der Waals surface area contributed by atoms with E-state index in [1.807, 2.05) is 20.8 Å². The van der Waals surface area contributed by atoms with Gasteiger partial charge in [0.2, 0.25) is 0 Å². The average molecular weight is 321 g/mol. The molecule has 6 heteroatoms. The van der Waals surface area contributed by atoms with Crippen LogP contribution in [0.4, 0.5) is 0 Å². The third kappa shape index (κ3) is 3.55. The highest BCUT2D eigenvalue weighted by atomic mass is 35.5. The summed E-state index contributed by atoms with van der Waals surface area (Å²) < 4.78 is 6.03. The fourth-order valence-corrected chi connectivity index (χ4v) is 2.84. The molecule has 1 heterocycles. The van der Waals surface area contributed by atoms with Crippen LogP contribution in [0.3, 0.4) is 0 Å². The lowest BCUT2D eigenvalue weighted by molar-refractivity contribution is -0.149. The van der Waals surface area contributed by atoms with Crippen molar-refractivity contribution in [3.63, 3.8) is 0 Å². The monoisotopic (exact) mass is 320 g/mol. The number of hydrogen-bond donors (Lipinski definition) is 0. The van der Waals surface area contributed by atoms with Crippen LogP contribution in [0, 0.1) is 0 Å². The second kappa shape index (κ2) is 6.94. The number of rotatable bonds is 6. The lowest BCUT2D eigenvalue weighted by atomic mass is 10.2. The van der Waals surface area contributed by atoms with Gasteiger partial charge in [0.05, 0.1) is 6.04 Å². The predicted molar refractivity (Wildman–Crippen MR) is 82.7 cm³/mol. The maximum absolute atomic E-state index is 12.2. The molecule has 1 rings (SSSR count). The number of ether oxygens (including phenoxy) is 1. The molecule has 1 aliphatic rings. The number of amides is 1. The van der Waals surface area contributed by atoms with E-state index >= 15 is 0 Å². The van der Waals surface area contributed by atoms with Gasteiger partial charge in [-0.25, -0.2) is 0 Å². The minimum absolute atomic E-state index is 0.169. The molecule has 114 valence electrons. The molecular weight excluding hydrogens is 299 g/mol. The smallest absolute Gasteiger partial charge is 0.258 e. The van der Waals surface area contributed by atoms with E-state index in [-0.39, 0.29) is 18.2 Å². The summed E-state index contributed by atoms with van der Waals surface area (Å²) in [7, 11) is 0. The topological polar surface area (TPSA) is 32.8 Å². The molecule has 0 bridgehead atoms. The van der Waals surface area contributed by atoms with Crippen molar-refractivity contribution in [2.75, 3.05) is 13.1 Å². The zero-order chi connectivity index (χ0) is 15.5. The number of hydrogen-bond acceptors (Lipinski definition) is 3. The highest BCUT2D eigenvalue weighted by Crippen LogP contribution is 2.35. The molecule has 4 nitrogen and oxygen atoms in total. The summed E-state index contributed by atoms with van der Waals surface area (Å²) >= 11 is 11.4. The maximum atomic E-state index is 12.2. The van der Waals surface area contributed by atoms with Gasteiger partial charge < -0.3 is 9.64 Å². The quantitative estimate of drug-likeness (QED) is 0.557. The number of nitrogens with zero attached hydrogens (tertiary/aromatic N) is 2. The van der Waals surface area contributed by atoms with E-state index in [1.54, 1.807) is 17.1 Å². The molecule has 1 saturated heterocycles. The van der Waals surface area contributed by atoms with Crippen LogP contribution in [0.1, 0.15) is 20.8 Å². The van der Waals surface area contributed by atoms with Gasteiger partial charge in [0, 0.05) is 13.1 Å². The van der Waals surface area contributed by atoms with Gasteiger partial charge in [-0.05, 0) is 20.8 Å². The van der Waals surface area contributed by atoms with Crippen molar-refractivity contribution in [2.24, 2.45) is 0 Å². The van der Waals surface area contributed by atoms with Gasteiger partial charge in [-0.3, -0.25) is 9.69 Å². The van der Waals surface area contributed by atoms with Gasteiger partial charge in [0.25, 0.3) is 5.91 Å². The number of carbonyl (C=O) groups is 1. The second-order valence-electron chi connectivity index (χ2n) is 5.24. The first-order chi connectivity index (χ1) is 9.26. The van der Waals surface area contributed by atoms with Crippen molar-refractivity contribution >= 4 is 29.1 Å². The van der Waals surface area contributed by atoms with Crippen LogP contribution >= 0.6 is 23.2 Å². The van der Waals surface area contributed by atoms with E-state index in [1.165, 1.54) is 0 Å². The Hall–Kier alpha value is -0.550. The van der Waals surface area contributed by atoms with E-state index in [4.69, 9.17) is 27.9 Å². The molecule has 0 aromatic rings. The van der Waals surface area contributed by atoms with Crippen molar-refractivity contribution in [3.05, 3.63) is 25.3 Å². The molecule has 0 spiro atoms. The molecule has 1 aliphatic heterocycles. The van der Waals surface area contributed by atoms with Crippen molar-refractivity contribution in [2.45, 2.75) is 43.6 Å². The van der Waals surface area contributed by atoms with Gasteiger partial charge in [0.15, 0.2) is 4.84 Å². The Kier molecular flexibility index (Phi) is 6.07. The minimum atomic E-state index is -1.09. The SMILES string of the molecule is C=CCN(CC=C)C1OC(C)(C)N(C(=O)C(Cl)Cl)C1C. The molecule has 0 radical (unpaired) electrons. The van der Waals surface area contributed by atoms with Crippen LogP contribution in [0.25, 0.3) is 0 Å². The fraction of sp³-hybridized carbons (Fsp3) is 0.643. The third-order valence-electron chi connectivity index (χ3n) is 3.32. The first kappa shape index (κ1) is 17.5. The van der Waals surface area contributed by atoms with Gasteiger partial charge >= 0.3 is 0 Å². The summed E-state index contributed by atoms with van der Waals surface area (Å²) in [6, 6.07) is -0.169. The van der Waals surface area contributed by atoms with Crippen LogP contribution in [-0.4, -0.2) is 51.6 Å². The zero-order valence-electron chi connectivity index (χ0n) is 12.2. The highest BCUT2D eigenvalue weighted by molar-refractivity contribution is 6.53. The molecule has 0 N–H and O–H groups in total. The Labute approximate surface area is 130 Å². The van der Waals surface area contributed by atoms with Crippen LogP contribution in [0.5, 0.6) is 0 Å². The van der Waals surface area contributed by atoms with Crippen LogP contribution in [0.2, 0.25) is 0 Å². The van der Waals surface area contributed by atoms with Crippen LogP contribution in [-0.2, 0) is 9.53 Å². The predicted octanol–water partition coefficient (Wildman–Crippen LogP) is 2.77. The Morgan fingerprint density at radius 1 is 1.40 bits per heavy atom. The summed E-state index contributed by atoms with van der Waals surface area (Å²) in [5, 5.41) is 0. The number of halogens is 2. The molecule has 1 amide bonds. The average Bonchev–Trinajstić information content (AvgIpc) is 2.58. The normalized spacial score (nSPS) is 25.2. The molecule has 0 aromatic heterocycles. The van der Waals surface area contributed by atoms with E-state index in [2.05, 4.69) is 18.1 Å². The molecular formula is C14H22Cl2N2O2. The van der Waals surface area contributed by atoms with Gasteiger partial charge in [-0.15, -0.1) is 13.2 Å². The maximum Gasteiger partial charge on any atom is 0.258 e.